The molecule has 1 aliphatic rings. The van der Waals surface area contributed by atoms with Crippen LogP contribution >= 0.6 is 0 Å². The summed E-state index contributed by atoms with van der Waals surface area (Å²) in [6, 6.07) is 15.7. The maximum atomic E-state index is 13.4. The van der Waals surface area contributed by atoms with Crippen LogP contribution in [-0.4, -0.2) is 36.8 Å². The molecular formula is C25H33NO3S. The summed E-state index contributed by atoms with van der Waals surface area (Å²) in [5.74, 6) is 0.531. The summed E-state index contributed by atoms with van der Waals surface area (Å²) in [6.45, 7) is 11.1. The largest absolute Gasteiger partial charge is 0.330 e. The Balaban J connectivity index is 1.88. The van der Waals surface area contributed by atoms with E-state index in [9.17, 15) is 13.2 Å². The van der Waals surface area contributed by atoms with Crippen molar-refractivity contribution in [1.29, 1.82) is 0 Å². The molecule has 1 amide bonds. The van der Waals surface area contributed by atoms with Gasteiger partial charge in [-0.2, -0.15) is 0 Å². The summed E-state index contributed by atoms with van der Waals surface area (Å²) in [5, 5.41) is 0. The van der Waals surface area contributed by atoms with E-state index in [1.165, 1.54) is 11.1 Å². The van der Waals surface area contributed by atoms with Crippen LogP contribution in [0.1, 0.15) is 74.0 Å². The molecule has 1 heterocycles. The van der Waals surface area contributed by atoms with Gasteiger partial charge in [-0.15, -0.1) is 0 Å². The molecule has 3 rings (SSSR count). The minimum atomic E-state index is -3.09. The van der Waals surface area contributed by atoms with E-state index < -0.39 is 9.84 Å². The normalized spacial score (nSPS) is 18.5. The van der Waals surface area contributed by atoms with Crippen molar-refractivity contribution >= 4 is 15.7 Å². The molecule has 1 saturated heterocycles. The number of rotatable bonds is 5. The number of benzene rings is 2. The molecule has 0 bridgehead atoms. The molecule has 162 valence electrons. The highest BCUT2D eigenvalue weighted by atomic mass is 32.2. The van der Waals surface area contributed by atoms with E-state index >= 15 is 0 Å². The summed E-state index contributed by atoms with van der Waals surface area (Å²) < 4.78 is 24.2. The Morgan fingerprint density at radius 1 is 1.03 bits per heavy atom. The van der Waals surface area contributed by atoms with Crippen molar-refractivity contribution < 1.29 is 13.2 Å². The van der Waals surface area contributed by atoms with Gasteiger partial charge in [0, 0.05) is 18.2 Å². The fourth-order valence-corrected chi connectivity index (χ4v) is 5.60. The Kier molecular flexibility index (Phi) is 6.42. The summed E-state index contributed by atoms with van der Waals surface area (Å²) in [4.78, 5) is 15.2. The van der Waals surface area contributed by atoms with E-state index in [0.717, 1.165) is 5.56 Å². The number of hydrogen-bond donors (Lipinski definition) is 0. The van der Waals surface area contributed by atoms with Crippen LogP contribution < -0.4 is 0 Å². The molecule has 5 heteroatoms. The third kappa shape index (κ3) is 5.31. The molecule has 1 atom stereocenters. The first-order valence-electron chi connectivity index (χ1n) is 10.7. The Bertz CT molecular complexity index is 984. The topological polar surface area (TPSA) is 54.5 Å². The second kappa shape index (κ2) is 8.54. The molecule has 0 N–H and O–H groups in total. The number of carbonyl (C=O) groups is 1. The van der Waals surface area contributed by atoms with Gasteiger partial charge in [-0.25, -0.2) is 8.42 Å². The Labute approximate surface area is 181 Å². The van der Waals surface area contributed by atoms with Crippen molar-refractivity contribution in [2.45, 2.75) is 65.0 Å². The summed E-state index contributed by atoms with van der Waals surface area (Å²) in [7, 11) is -3.09. The number of sulfone groups is 1. The molecule has 0 aliphatic carbocycles. The molecule has 30 heavy (non-hydrogen) atoms. The minimum Gasteiger partial charge on any atom is -0.330 e. The van der Waals surface area contributed by atoms with E-state index in [-0.39, 0.29) is 28.9 Å². The lowest BCUT2D eigenvalue weighted by Gasteiger charge is -2.29. The van der Waals surface area contributed by atoms with Crippen LogP contribution in [-0.2, 0) is 21.8 Å². The molecule has 0 spiro atoms. The third-order valence-corrected chi connectivity index (χ3v) is 7.66. The molecule has 2 aromatic rings. The van der Waals surface area contributed by atoms with Crippen LogP contribution in [0.2, 0.25) is 0 Å². The van der Waals surface area contributed by atoms with Crippen LogP contribution in [0.3, 0.4) is 0 Å². The van der Waals surface area contributed by atoms with Crippen LogP contribution in [0.4, 0.5) is 0 Å². The van der Waals surface area contributed by atoms with Gasteiger partial charge in [0.2, 0.25) is 0 Å². The van der Waals surface area contributed by atoms with Gasteiger partial charge in [0.05, 0.1) is 11.5 Å². The molecule has 4 nitrogen and oxygen atoms in total. The average molecular weight is 428 g/mol. The first-order valence-corrected chi connectivity index (χ1v) is 12.5. The Hall–Kier alpha value is -2.14. The van der Waals surface area contributed by atoms with E-state index in [0.29, 0.717) is 24.4 Å². The number of amides is 1. The standard InChI is InChI=1S/C25H33NO3S/c1-18(2)20-8-6-19(7-9-20)16-26(23-14-15-30(28,29)17-23)24(27)21-10-12-22(13-11-21)25(3,4)5/h6-13,18,23H,14-17H2,1-5H3/t23-/m0/s1. The zero-order chi connectivity index (χ0) is 22.1. The smallest absolute Gasteiger partial charge is 0.254 e. The number of carbonyl (C=O) groups excluding carboxylic acids is 1. The highest BCUT2D eigenvalue weighted by molar-refractivity contribution is 7.91. The summed E-state index contributed by atoms with van der Waals surface area (Å²) in [5.41, 5.74) is 4.05. The van der Waals surface area contributed by atoms with Crippen LogP contribution in [0.15, 0.2) is 48.5 Å². The van der Waals surface area contributed by atoms with Crippen LogP contribution in [0.5, 0.6) is 0 Å². The Morgan fingerprint density at radius 3 is 2.10 bits per heavy atom. The fourth-order valence-electron chi connectivity index (χ4n) is 3.87. The van der Waals surface area contributed by atoms with E-state index in [1.807, 2.05) is 36.4 Å². The van der Waals surface area contributed by atoms with E-state index in [2.05, 4.69) is 46.8 Å². The van der Waals surface area contributed by atoms with Gasteiger partial charge >= 0.3 is 0 Å². The van der Waals surface area contributed by atoms with Crippen molar-refractivity contribution in [3.05, 3.63) is 70.8 Å². The molecule has 1 fully saturated rings. The second-order valence-electron chi connectivity index (χ2n) is 9.71. The fraction of sp³-hybridized carbons (Fsp3) is 0.480. The molecule has 0 unspecified atom stereocenters. The summed E-state index contributed by atoms with van der Waals surface area (Å²) >= 11 is 0. The SMILES string of the molecule is CC(C)c1ccc(CN(C(=O)c2ccc(C(C)(C)C)cc2)[C@H]2CCS(=O)(=O)C2)cc1. The maximum absolute atomic E-state index is 13.4. The maximum Gasteiger partial charge on any atom is 0.254 e. The van der Waals surface area contributed by atoms with E-state index in [1.54, 1.807) is 4.90 Å². The van der Waals surface area contributed by atoms with Crippen molar-refractivity contribution in [2.75, 3.05) is 11.5 Å². The molecule has 1 aliphatic heterocycles. The number of hydrogen-bond acceptors (Lipinski definition) is 3. The van der Waals surface area contributed by atoms with Crippen molar-refractivity contribution in [1.82, 2.24) is 4.90 Å². The average Bonchev–Trinajstić information content (AvgIpc) is 3.05. The lowest BCUT2D eigenvalue weighted by molar-refractivity contribution is 0.0681. The number of nitrogens with zero attached hydrogens (tertiary/aromatic N) is 1. The quantitative estimate of drug-likeness (QED) is 0.679. The molecule has 2 aromatic carbocycles. The monoisotopic (exact) mass is 427 g/mol. The summed E-state index contributed by atoms with van der Waals surface area (Å²) in [6.07, 6.45) is 0.498. The zero-order valence-electron chi connectivity index (χ0n) is 18.7. The first kappa shape index (κ1) is 22.5. The van der Waals surface area contributed by atoms with Gasteiger partial charge in [0.15, 0.2) is 9.84 Å². The van der Waals surface area contributed by atoms with Gasteiger partial charge in [-0.1, -0.05) is 71.0 Å². The van der Waals surface area contributed by atoms with Gasteiger partial charge in [0.1, 0.15) is 0 Å². The van der Waals surface area contributed by atoms with Gasteiger partial charge in [-0.05, 0) is 46.6 Å². The van der Waals surface area contributed by atoms with Crippen molar-refractivity contribution in [2.24, 2.45) is 0 Å². The highest BCUT2D eigenvalue weighted by Crippen LogP contribution is 2.26. The second-order valence-corrected chi connectivity index (χ2v) is 11.9. The minimum absolute atomic E-state index is 0.0129. The predicted octanol–water partition coefficient (Wildman–Crippen LogP) is 4.94. The van der Waals surface area contributed by atoms with Crippen LogP contribution in [0, 0.1) is 0 Å². The van der Waals surface area contributed by atoms with Crippen LogP contribution in [0.25, 0.3) is 0 Å². The van der Waals surface area contributed by atoms with Gasteiger partial charge in [-0.3, -0.25) is 4.79 Å². The first-order chi connectivity index (χ1) is 14.0. The van der Waals surface area contributed by atoms with Gasteiger partial charge in [0.25, 0.3) is 5.91 Å². The molecular weight excluding hydrogens is 394 g/mol. The van der Waals surface area contributed by atoms with Gasteiger partial charge < -0.3 is 4.90 Å². The lowest BCUT2D eigenvalue weighted by Crippen LogP contribution is -2.40. The zero-order valence-corrected chi connectivity index (χ0v) is 19.5. The van der Waals surface area contributed by atoms with Crippen molar-refractivity contribution in [3.63, 3.8) is 0 Å². The lowest BCUT2D eigenvalue weighted by atomic mass is 9.86. The third-order valence-electron chi connectivity index (χ3n) is 5.91. The highest BCUT2D eigenvalue weighted by Gasteiger charge is 2.35. The predicted molar refractivity (Wildman–Crippen MR) is 123 cm³/mol. The van der Waals surface area contributed by atoms with E-state index in [4.69, 9.17) is 0 Å². The molecule has 0 aromatic heterocycles. The molecule has 0 saturated carbocycles. The molecule has 0 radical (unpaired) electrons. The van der Waals surface area contributed by atoms with Crippen molar-refractivity contribution in [3.8, 4) is 0 Å². The Morgan fingerprint density at radius 2 is 1.63 bits per heavy atom.